The van der Waals surface area contributed by atoms with Crippen LogP contribution in [0.15, 0.2) is 0 Å². The Bertz CT molecular complexity index is 379. The second kappa shape index (κ2) is 5.12. The summed E-state index contributed by atoms with van der Waals surface area (Å²) in [5, 5.41) is 3.01. The Morgan fingerprint density at radius 3 is 2.95 bits per heavy atom. The molecule has 4 unspecified atom stereocenters. The minimum atomic E-state index is 0.00937. The lowest BCUT2D eigenvalue weighted by atomic mass is 10.0. The predicted molar refractivity (Wildman–Crippen MR) is 69.4 cm³/mol. The first-order valence-electron chi connectivity index (χ1n) is 7.30. The van der Waals surface area contributed by atoms with E-state index in [1.165, 1.54) is 0 Å². The van der Waals surface area contributed by atoms with Crippen LogP contribution in [0.3, 0.4) is 0 Å². The minimum absolute atomic E-state index is 0.00937. The van der Waals surface area contributed by atoms with Crippen molar-refractivity contribution < 1.29 is 14.3 Å². The highest BCUT2D eigenvalue weighted by molar-refractivity contribution is 5.82. The van der Waals surface area contributed by atoms with E-state index >= 15 is 0 Å². The van der Waals surface area contributed by atoms with Gasteiger partial charge in [-0.3, -0.25) is 9.59 Å². The molecule has 0 aromatic heterocycles. The molecule has 0 radical (unpaired) electrons. The van der Waals surface area contributed by atoms with E-state index in [0.717, 1.165) is 19.4 Å². The summed E-state index contributed by atoms with van der Waals surface area (Å²) >= 11 is 0. The molecule has 0 aromatic carbocycles. The van der Waals surface area contributed by atoms with Gasteiger partial charge >= 0.3 is 0 Å². The minimum Gasteiger partial charge on any atom is -0.381 e. The first-order chi connectivity index (χ1) is 9.13. The van der Waals surface area contributed by atoms with Crippen LogP contribution >= 0.6 is 0 Å². The van der Waals surface area contributed by atoms with Crippen molar-refractivity contribution in [3.05, 3.63) is 0 Å². The van der Waals surface area contributed by atoms with E-state index in [0.29, 0.717) is 43.9 Å². The fourth-order valence-corrected chi connectivity index (χ4v) is 3.18. The van der Waals surface area contributed by atoms with Crippen LogP contribution in [-0.2, 0) is 14.3 Å². The zero-order valence-corrected chi connectivity index (χ0v) is 11.4. The molecule has 0 aromatic rings. The van der Waals surface area contributed by atoms with Crippen LogP contribution in [0.2, 0.25) is 0 Å². The maximum atomic E-state index is 11.9. The molecule has 5 heteroatoms. The van der Waals surface area contributed by atoms with Gasteiger partial charge in [0.15, 0.2) is 0 Å². The molecule has 3 aliphatic rings. The van der Waals surface area contributed by atoms with Crippen molar-refractivity contribution in [1.29, 1.82) is 0 Å². The summed E-state index contributed by atoms with van der Waals surface area (Å²) in [6, 6.07) is 0.438. The third-order valence-corrected chi connectivity index (χ3v) is 4.49. The molecule has 106 valence electrons. The molecule has 4 atom stereocenters. The van der Waals surface area contributed by atoms with Gasteiger partial charge in [-0.05, 0) is 24.7 Å². The number of carbonyl (C=O) groups excluding carboxylic acids is 2. The number of likely N-dealkylation sites (tertiary alicyclic amines) is 1. The van der Waals surface area contributed by atoms with E-state index in [2.05, 4.69) is 12.2 Å². The fourth-order valence-electron chi connectivity index (χ4n) is 3.18. The summed E-state index contributed by atoms with van der Waals surface area (Å²) in [5.41, 5.74) is 0. The number of hydrogen-bond donors (Lipinski definition) is 1. The summed E-state index contributed by atoms with van der Waals surface area (Å²) in [7, 11) is 0. The topological polar surface area (TPSA) is 58.6 Å². The predicted octanol–water partition coefficient (Wildman–Crippen LogP) is 0.538. The van der Waals surface area contributed by atoms with E-state index in [4.69, 9.17) is 4.74 Å². The van der Waals surface area contributed by atoms with Gasteiger partial charge in [-0.25, -0.2) is 0 Å². The molecule has 2 saturated heterocycles. The number of amides is 2. The number of ether oxygens (including phenoxy) is 1. The Morgan fingerprint density at radius 1 is 1.53 bits per heavy atom. The van der Waals surface area contributed by atoms with Gasteiger partial charge in [0.2, 0.25) is 11.8 Å². The van der Waals surface area contributed by atoms with Crippen LogP contribution in [-0.4, -0.2) is 48.6 Å². The molecule has 1 aliphatic carbocycles. The molecular formula is C14H22N2O3. The van der Waals surface area contributed by atoms with Crippen molar-refractivity contribution in [1.82, 2.24) is 10.2 Å². The monoisotopic (exact) mass is 266 g/mol. The zero-order valence-electron chi connectivity index (χ0n) is 11.4. The molecule has 3 fully saturated rings. The van der Waals surface area contributed by atoms with Gasteiger partial charge in [0, 0.05) is 38.6 Å². The van der Waals surface area contributed by atoms with E-state index in [1.807, 2.05) is 4.90 Å². The smallest absolute Gasteiger partial charge is 0.225 e. The summed E-state index contributed by atoms with van der Waals surface area (Å²) in [4.78, 5) is 25.8. The summed E-state index contributed by atoms with van der Waals surface area (Å²) in [6.07, 6.45) is 3.09. The van der Waals surface area contributed by atoms with Gasteiger partial charge in [-0.1, -0.05) is 6.92 Å². The number of nitrogens with zero attached hydrogens (tertiary/aromatic N) is 1. The molecule has 1 N–H and O–H groups in total. The molecule has 1 saturated carbocycles. The SMILES string of the molecule is CC1CC1N1CC(NC(=O)CC2CCOC2)CC1=O. The molecule has 0 spiro atoms. The third-order valence-electron chi connectivity index (χ3n) is 4.49. The Labute approximate surface area is 113 Å². The Morgan fingerprint density at radius 2 is 2.32 bits per heavy atom. The lowest BCUT2D eigenvalue weighted by molar-refractivity contribution is -0.128. The molecular weight excluding hydrogens is 244 g/mol. The van der Waals surface area contributed by atoms with Crippen LogP contribution in [0, 0.1) is 11.8 Å². The number of nitrogens with one attached hydrogen (secondary N) is 1. The van der Waals surface area contributed by atoms with Gasteiger partial charge in [0.05, 0.1) is 6.04 Å². The normalized spacial score (nSPS) is 37.7. The summed E-state index contributed by atoms with van der Waals surface area (Å²) in [6.45, 7) is 4.33. The molecule has 2 amide bonds. The average molecular weight is 266 g/mol. The molecule has 2 aliphatic heterocycles. The molecule has 19 heavy (non-hydrogen) atoms. The molecule has 0 bridgehead atoms. The highest BCUT2D eigenvalue weighted by Gasteiger charge is 2.44. The van der Waals surface area contributed by atoms with Crippen LogP contribution in [0.5, 0.6) is 0 Å². The first kappa shape index (κ1) is 12.9. The average Bonchev–Trinajstić information content (AvgIpc) is 2.77. The van der Waals surface area contributed by atoms with Crippen molar-refractivity contribution in [3.8, 4) is 0 Å². The van der Waals surface area contributed by atoms with Crippen molar-refractivity contribution in [2.24, 2.45) is 11.8 Å². The van der Waals surface area contributed by atoms with E-state index in [-0.39, 0.29) is 17.9 Å². The van der Waals surface area contributed by atoms with Gasteiger partial charge < -0.3 is 15.0 Å². The Balaban J connectivity index is 1.45. The third kappa shape index (κ3) is 2.91. The largest absolute Gasteiger partial charge is 0.381 e. The summed E-state index contributed by atoms with van der Waals surface area (Å²) < 4.78 is 5.27. The number of carbonyl (C=O) groups is 2. The Hall–Kier alpha value is -1.10. The highest BCUT2D eigenvalue weighted by atomic mass is 16.5. The van der Waals surface area contributed by atoms with E-state index < -0.39 is 0 Å². The Kier molecular flexibility index (Phi) is 3.48. The van der Waals surface area contributed by atoms with Gasteiger partial charge in [-0.2, -0.15) is 0 Å². The maximum Gasteiger partial charge on any atom is 0.225 e. The van der Waals surface area contributed by atoms with Crippen LogP contribution in [0.25, 0.3) is 0 Å². The maximum absolute atomic E-state index is 11.9. The van der Waals surface area contributed by atoms with Gasteiger partial charge in [0.1, 0.15) is 0 Å². The second-order valence-corrected chi connectivity index (χ2v) is 6.23. The van der Waals surface area contributed by atoms with Crippen LogP contribution < -0.4 is 5.32 Å². The van der Waals surface area contributed by atoms with Crippen LogP contribution in [0.1, 0.15) is 32.6 Å². The van der Waals surface area contributed by atoms with Gasteiger partial charge in [0.25, 0.3) is 0 Å². The van der Waals surface area contributed by atoms with Crippen molar-refractivity contribution in [2.45, 2.75) is 44.7 Å². The quantitative estimate of drug-likeness (QED) is 0.808. The summed E-state index contributed by atoms with van der Waals surface area (Å²) in [5.74, 6) is 1.26. The molecule has 3 rings (SSSR count). The first-order valence-corrected chi connectivity index (χ1v) is 7.30. The van der Waals surface area contributed by atoms with Crippen molar-refractivity contribution >= 4 is 11.8 Å². The molecule has 2 heterocycles. The lowest BCUT2D eigenvalue weighted by Crippen LogP contribution is -2.38. The van der Waals surface area contributed by atoms with E-state index in [9.17, 15) is 9.59 Å². The van der Waals surface area contributed by atoms with Crippen molar-refractivity contribution in [2.75, 3.05) is 19.8 Å². The zero-order chi connectivity index (χ0) is 13.4. The standard InChI is InChI=1S/C14H22N2O3/c1-9-4-12(9)16-7-11(6-14(16)18)15-13(17)5-10-2-3-19-8-10/h9-12H,2-8H2,1H3,(H,15,17). The second-order valence-electron chi connectivity index (χ2n) is 6.23. The fraction of sp³-hybridized carbons (Fsp3) is 0.857. The van der Waals surface area contributed by atoms with Gasteiger partial charge in [-0.15, -0.1) is 0 Å². The highest BCUT2D eigenvalue weighted by Crippen LogP contribution is 2.37. The van der Waals surface area contributed by atoms with Crippen LogP contribution in [0.4, 0.5) is 0 Å². The van der Waals surface area contributed by atoms with E-state index in [1.54, 1.807) is 0 Å². The number of rotatable bonds is 4. The number of hydrogen-bond acceptors (Lipinski definition) is 3. The lowest BCUT2D eigenvalue weighted by Gasteiger charge is -2.17. The van der Waals surface area contributed by atoms with Crippen molar-refractivity contribution in [3.63, 3.8) is 0 Å². The molecule has 5 nitrogen and oxygen atoms in total.